The standard InChI is InChI=1S/C24H28ClN5O4S/c1-4-15(2)17-5-7-18(8-6-17)33-9-10-34-23-19(25)11-16(12-20(23)32-3)14-27-28-21(31)13-22-29-30-24(26)35-22/h5-8,11-12,14-15H,4,9-10,13H2,1-3H3,(H2,26,30)(H,28,31)/b27-14-/t15-/m0/s1. The molecule has 0 saturated heterocycles. The summed E-state index contributed by atoms with van der Waals surface area (Å²) >= 11 is 7.55. The molecule has 0 bridgehead atoms. The molecule has 1 amide bonds. The number of nitrogens with one attached hydrogen (secondary N) is 1. The van der Waals surface area contributed by atoms with Gasteiger partial charge in [0.15, 0.2) is 11.5 Å². The summed E-state index contributed by atoms with van der Waals surface area (Å²) < 4.78 is 17.0. The first-order valence-electron chi connectivity index (χ1n) is 11.0. The molecule has 186 valence electrons. The first-order chi connectivity index (χ1) is 16.9. The number of methoxy groups -OCH3 is 1. The van der Waals surface area contributed by atoms with Crippen LogP contribution in [0.15, 0.2) is 41.5 Å². The van der Waals surface area contributed by atoms with E-state index in [0.29, 0.717) is 44.7 Å². The van der Waals surface area contributed by atoms with Crippen LogP contribution in [0.1, 0.15) is 42.3 Å². The van der Waals surface area contributed by atoms with Gasteiger partial charge in [0.2, 0.25) is 11.0 Å². The molecule has 1 aromatic heterocycles. The molecule has 0 aliphatic rings. The average molecular weight is 518 g/mol. The molecule has 3 N–H and O–H groups in total. The van der Waals surface area contributed by atoms with Crippen LogP contribution in [-0.2, 0) is 11.2 Å². The van der Waals surface area contributed by atoms with Gasteiger partial charge >= 0.3 is 0 Å². The van der Waals surface area contributed by atoms with Gasteiger partial charge in [-0.3, -0.25) is 4.79 Å². The van der Waals surface area contributed by atoms with E-state index < -0.39 is 0 Å². The summed E-state index contributed by atoms with van der Waals surface area (Å²) in [6.07, 6.45) is 2.58. The maximum Gasteiger partial charge on any atom is 0.247 e. The summed E-state index contributed by atoms with van der Waals surface area (Å²) in [5.41, 5.74) is 9.85. The number of hydrogen-bond donors (Lipinski definition) is 2. The fourth-order valence-corrected chi connectivity index (χ4v) is 3.96. The number of rotatable bonds is 12. The molecule has 11 heteroatoms. The van der Waals surface area contributed by atoms with Gasteiger partial charge in [-0.15, -0.1) is 10.2 Å². The lowest BCUT2D eigenvalue weighted by Gasteiger charge is -2.14. The van der Waals surface area contributed by atoms with E-state index >= 15 is 0 Å². The number of anilines is 1. The second kappa shape index (κ2) is 12.9. The molecule has 9 nitrogen and oxygen atoms in total. The zero-order valence-electron chi connectivity index (χ0n) is 19.8. The Morgan fingerprint density at radius 2 is 1.97 bits per heavy atom. The van der Waals surface area contributed by atoms with Crippen LogP contribution < -0.4 is 25.4 Å². The monoisotopic (exact) mass is 517 g/mol. The molecule has 0 saturated carbocycles. The van der Waals surface area contributed by atoms with Crippen molar-refractivity contribution >= 4 is 40.2 Å². The van der Waals surface area contributed by atoms with E-state index in [9.17, 15) is 4.79 Å². The van der Waals surface area contributed by atoms with Crippen LogP contribution in [0.3, 0.4) is 0 Å². The summed E-state index contributed by atoms with van der Waals surface area (Å²) in [6.45, 7) is 5.00. The van der Waals surface area contributed by atoms with Gasteiger partial charge in [0.05, 0.1) is 24.8 Å². The summed E-state index contributed by atoms with van der Waals surface area (Å²) in [5, 5.41) is 12.6. The third-order valence-corrected chi connectivity index (χ3v) is 6.14. The molecule has 2 aromatic carbocycles. The van der Waals surface area contributed by atoms with Crippen molar-refractivity contribution in [3.05, 3.63) is 57.6 Å². The van der Waals surface area contributed by atoms with E-state index in [1.54, 1.807) is 12.1 Å². The van der Waals surface area contributed by atoms with Crippen molar-refractivity contribution in [2.45, 2.75) is 32.6 Å². The number of hydrogen-bond acceptors (Lipinski definition) is 9. The third-order valence-electron chi connectivity index (χ3n) is 5.11. The molecule has 1 atom stereocenters. The van der Waals surface area contributed by atoms with E-state index in [2.05, 4.69) is 46.7 Å². The fourth-order valence-electron chi connectivity index (χ4n) is 3.08. The molecule has 0 radical (unpaired) electrons. The Hall–Kier alpha value is -3.37. The first-order valence-corrected chi connectivity index (χ1v) is 12.2. The lowest BCUT2D eigenvalue weighted by atomic mass is 9.99. The predicted molar refractivity (Wildman–Crippen MR) is 138 cm³/mol. The van der Waals surface area contributed by atoms with Gasteiger partial charge in [-0.25, -0.2) is 5.43 Å². The minimum Gasteiger partial charge on any atom is -0.493 e. The van der Waals surface area contributed by atoms with Gasteiger partial charge < -0.3 is 19.9 Å². The van der Waals surface area contributed by atoms with Crippen molar-refractivity contribution in [1.29, 1.82) is 0 Å². The highest BCUT2D eigenvalue weighted by Gasteiger charge is 2.12. The van der Waals surface area contributed by atoms with Crippen LogP contribution in [-0.4, -0.2) is 42.6 Å². The SMILES string of the molecule is CC[C@H](C)c1ccc(OCCOc2c(Cl)cc(/C=N\NC(=O)Cc3nnc(N)s3)cc2OC)cc1. The molecule has 0 fully saturated rings. The number of ether oxygens (including phenoxy) is 3. The molecule has 0 unspecified atom stereocenters. The van der Waals surface area contributed by atoms with E-state index in [-0.39, 0.29) is 18.9 Å². The van der Waals surface area contributed by atoms with Crippen molar-refractivity contribution in [2.75, 3.05) is 26.1 Å². The molecule has 0 aliphatic heterocycles. The van der Waals surface area contributed by atoms with E-state index in [4.69, 9.17) is 31.5 Å². The van der Waals surface area contributed by atoms with Crippen LogP contribution in [0.4, 0.5) is 5.13 Å². The number of carbonyl (C=O) groups excluding carboxylic acids is 1. The summed E-state index contributed by atoms with van der Waals surface area (Å²) in [5.74, 6) is 1.80. The number of aromatic nitrogens is 2. The molecule has 3 rings (SSSR count). The zero-order valence-corrected chi connectivity index (χ0v) is 21.4. The number of amides is 1. The summed E-state index contributed by atoms with van der Waals surface area (Å²) in [6, 6.07) is 11.5. The second-order valence-corrected chi connectivity index (χ2v) is 9.11. The lowest BCUT2D eigenvalue weighted by Crippen LogP contribution is -2.19. The smallest absolute Gasteiger partial charge is 0.247 e. The molecular formula is C24H28ClN5O4S. The van der Waals surface area contributed by atoms with Gasteiger partial charge in [-0.05, 0) is 47.7 Å². The van der Waals surface area contributed by atoms with Gasteiger partial charge in [0.25, 0.3) is 0 Å². The van der Waals surface area contributed by atoms with Gasteiger partial charge in [0, 0.05) is 0 Å². The van der Waals surface area contributed by atoms with Crippen molar-refractivity contribution in [1.82, 2.24) is 15.6 Å². The first kappa shape index (κ1) is 26.2. The Bertz CT molecular complexity index is 1150. The van der Waals surface area contributed by atoms with E-state index in [1.165, 1.54) is 18.9 Å². The lowest BCUT2D eigenvalue weighted by molar-refractivity contribution is -0.120. The van der Waals surface area contributed by atoms with Crippen molar-refractivity contribution in [3.8, 4) is 17.2 Å². The topological polar surface area (TPSA) is 121 Å². The van der Waals surface area contributed by atoms with Crippen molar-refractivity contribution in [3.63, 3.8) is 0 Å². The van der Waals surface area contributed by atoms with E-state index in [1.807, 2.05) is 12.1 Å². The van der Waals surface area contributed by atoms with E-state index in [0.717, 1.165) is 23.5 Å². The Morgan fingerprint density at radius 3 is 2.63 bits per heavy atom. The highest BCUT2D eigenvalue weighted by Crippen LogP contribution is 2.36. The zero-order chi connectivity index (χ0) is 25.2. The van der Waals surface area contributed by atoms with Crippen molar-refractivity contribution in [2.24, 2.45) is 5.10 Å². The van der Waals surface area contributed by atoms with Crippen LogP contribution in [0.25, 0.3) is 0 Å². The number of hydrazone groups is 1. The third kappa shape index (κ3) is 7.83. The minimum atomic E-state index is -0.343. The molecule has 0 aliphatic carbocycles. The van der Waals surface area contributed by atoms with Gasteiger partial charge in [-0.2, -0.15) is 5.10 Å². The Balaban J connectivity index is 1.51. The molecular weight excluding hydrogens is 490 g/mol. The summed E-state index contributed by atoms with van der Waals surface area (Å²) in [7, 11) is 1.52. The number of halogens is 1. The maximum absolute atomic E-state index is 12.0. The average Bonchev–Trinajstić information content (AvgIpc) is 3.26. The highest BCUT2D eigenvalue weighted by molar-refractivity contribution is 7.15. The molecule has 3 aromatic rings. The molecule has 35 heavy (non-hydrogen) atoms. The second-order valence-electron chi connectivity index (χ2n) is 7.61. The minimum absolute atomic E-state index is 0.0349. The Kier molecular flexibility index (Phi) is 9.68. The normalized spacial score (nSPS) is 11.9. The quantitative estimate of drug-likeness (QED) is 0.207. The number of benzene rings is 2. The maximum atomic E-state index is 12.0. The Morgan fingerprint density at radius 1 is 1.23 bits per heavy atom. The highest BCUT2D eigenvalue weighted by atomic mass is 35.5. The van der Waals surface area contributed by atoms with Crippen LogP contribution in [0, 0.1) is 0 Å². The Labute approximate surface area is 213 Å². The van der Waals surface area contributed by atoms with Crippen molar-refractivity contribution < 1.29 is 19.0 Å². The van der Waals surface area contributed by atoms with Crippen LogP contribution in [0.2, 0.25) is 5.02 Å². The number of nitrogen functional groups attached to an aromatic ring is 1. The fraction of sp³-hybridized carbons (Fsp3) is 0.333. The number of nitrogens with two attached hydrogens (primary N) is 1. The number of nitrogens with zero attached hydrogens (tertiary/aromatic N) is 3. The van der Waals surface area contributed by atoms with Crippen LogP contribution in [0.5, 0.6) is 17.2 Å². The van der Waals surface area contributed by atoms with Crippen LogP contribution >= 0.6 is 22.9 Å². The summed E-state index contributed by atoms with van der Waals surface area (Å²) in [4.78, 5) is 12.0. The number of carbonyl (C=O) groups is 1. The molecule has 0 spiro atoms. The van der Waals surface area contributed by atoms with Gasteiger partial charge in [-0.1, -0.05) is 48.9 Å². The predicted octanol–water partition coefficient (Wildman–Crippen LogP) is 4.45. The van der Waals surface area contributed by atoms with Gasteiger partial charge in [0.1, 0.15) is 24.0 Å². The molecule has 1 heterocycles. The largest absolute Gasteiger partial charge is 0.493 e.